The second-order valence-electron chi connectivity index (χ2n) is 5.81. The first-order chi connectivity index (χ1) is 11.0. The van der Waals surface area contributed by atoms with Crippen LogP contribution >= 0.6 is 0 Å². The molecular weight excluding hydrogens is 288 g/mol. The Hall–Kier alpha value is -2.62. The van der Waals surface area contributed by atoms with E-state index in [9.17, 15) is 9.59 Å². The van der Waals surface area contributed by atoms with Crippen LogP contribution in [-0.2, 0) is 6.54 Å². The topological polar surface area (TPSA) is 58.2 Å². The molecule has 2 rings (SSSR count). The van der Waals surface area contributed by atoms with E-state index in [0.717, 1.165) is 11.1 Å². The van der Waals surface area contributed by atoms with Gasteiger partial charge in [0.25, 0.3) is 11.8 Å². The molecule has 0 radical (unpaired) electrons. The van der Waals surface area contributed by atoms with Gasteiger partial charge in [0.15, 0.2) is 0 Å². The highest BCUT2D eigenvalue weighted by molar-refractivity contribution is 5.97. The van der Waals surface area contributed by atoms with Crippen molar-refractivity contribution < 1.29 is 9.59 Å². The van der Waals surface area contributed by atoms with E-state index in [-0.39, 0.29) is 17.9 Å². The zero-order valence-corrected chi connectivity index (χ0v) is 13.7. The van der Waals surface area contributed by atoms with Crippen LogP contribution < -0.4 is 10.6 Å². The molecule has 2 aromatic carbocycles. The monoisotopic (exact) mass is 310 g/mol. The van der Waals surface area contributed by atoms with Gasteiger partial charge >= 0.3 is 0 Å². The number of carbonyl (C=O) groups is 2. The number of hydrogen-bond acceptors (Lipinski definition) is 2. The largest absolute Gasteiger partial charge is 0.350 e. The first kappa shape index (κ1) is 16.7. The number of aryl methyl sites for hydroxylation is 1. The van der Waals surface area contributed by atoms with Crippen molar-refractivity contribution in [2.75, 3.05) is 0 Å². The minimum absolute atomic E-state index is 0.0830. The zero-order valence-electron chi connectivity index (χ0n) is 13.7. The van der Waals surface area contributed by atoms with E-state index in [1.807, 2.05) is 45.0 Å². The Morgan fingerprint density at radius 1 is 0.913 bits per heavy atom. The van der Waals surface area contributed by atoms with Gasteiger partial charge in [-0.25, -0.2) is 0 Å². The van der Waals surface area contributed by atoms with Crippen LogP contribution in [0, 0.1) is 6.92 Å². The summed E-state index contributed by atoms with van der Waals surface area (Å²) in [7, 11) is 0. The lowest BCUT2D eigenvalue weighted by atomic mass is 10.1. The van der Waals surface area contributed by atoms with E-state index in [4.69, 9.17) is 0 Å². The van der Waals surface area contributed by atoms with Gasteiger partial charge in [-0.05, 0) is 56.2 Å². The summed E-state index contributed by atoms with van der Waals surface area (Å²) in [4.78, 5) is 24.0. The Kier molecular flexibility index (Phi) is 5.52. The highest BCUT2D eigenvalue weighted by Crippen LogP contribution is 2.08. The summed E-state index contributed by atoms with van der Waals surface area (Å²) < 4.78 is 0. The van der Waals surface area contributed by atoms with Crippen LogP contribution in [0.5, 0.6) is 0 Å². The lowest BCUT2D eigenvalue weighted by Gasteiger charge is -2.10. The maximum atomic E-state index is 12.2. The average molecular weight is 310 g/mol. The summed E-state index contributed by atoms with van der Waals surface area (Å²) >= 11 is 0. The van der Waals surface area contributed by atoms with Crippen LogP contribution in [0.15, 0.2) is 48.5 Å². The molecule has 0 aromatic heterocycles. The Balaban J connectivity index is 1.98. The number of rotatable bonds is 5. The van der Waals surface area contributed by atoms with Crippen molar-refractivity contribution in [2.45, 2.75) is 33.4 Å². The van der Waals surface area contributed by atoms with Crippen molar-refractivity contribution >= 4 is 11.8 Å². The normalized spacial score (nSPS) is 10.4. The molecule has 0 saturated heterocycles. The summed E-state index contributed by atoms with van der Waals surface area (Å²) in [5, 5.41) is 5.72. The highest BCUT2D eigenvalue weighted by atomic mass is 16.2. The second-order valence-corrected chi connectivity index (χ2v) is 5.81. The first-order valence-electron chi connectivity index (χ1n) is 7.71. The van der Waals surface area contributed by atoms with Crippen LogP contribution in [0.4, 0.5) is 0 Å². The molecule has 0 spiro atoms. The van der Waals surface area contributed by atoms with Gasteiger partial charge < -0.3 is 10.6 Å². The summed E-state index contributed by atoms with van der Waals surface area (Å²) in [5.74, 6) is -0.282. The molecule has 23 heavy (non-hydrogen) atoms. The zero-order chi connectivity index (χ0) is 16.8. The number of benzene rings is 2. The molecule has 4 nitrogen and oxygen atoms in total. The van der Waals surface area contributed by atoms with Gasteiger partial charge in [0.1, 0.15) is 0 Å². The third-order valence-corrected chi connectivity index (χ3v) is 3.53. The lowest BCUT2D eigenvalue weighted by Crippen LogP contribution is -2.30. The summed E-state index contributed by atoms with van der Waals surface area (Å²) in [6, 6.07) is 14.7. The van der Waals surface area contributed by atoms with Gasteiger partial charge in [-0.3, -0.25) is 9.59 Å². The molecule has 0 bridgehead atoms. The first-order valence-corrected chi connectivity index (χ1v) is 7.71. The van der Waals surface area contributed by atoms with Gasteiger partial charge in [0.2, 0.25) is 0 Å². The Labute approximate surface area is 136 Å². The molecule has 2 amide bonds. The van der Waals surface area contributed by atoms with E-state index in [2.05, 4.69) is 10.6 Å². The summed E-state index contributed by atoms with van der Waals surface area (Å²) in [5.41, 5.74) is 3.33. The third kappa shape index (κ3) is 4.68. The number of carbonyl (C=O) groups excluding carboxylic acids is 2. The van der Waals surface area contributed by atoms with Crippen molar-refractivity contribution in [2.24, 2.45) is 0 Å². The molecule has 0 aliphatic carbocycles. The molecule has 0 heterocycles. The van der Waals surface area contributed by atoms with Gasteiger partial charge in [0, 0.05) is 23.7 Å². The molecule has 2 N–H and O–H groups in total. The molecule has 4 heteroatoms. The van der Waals surface area contributed by atoms with E-state index in [1.165, 1.54) is 0 Å². The molecule has 0 fully saturated rings. The molecule has 0 saturated carbocycles. The van der Waals surface area contributed by atoms with E-state index >= 15 is 0 Å². The van der Waals surface area contributed by atoms with Gasteiger partial charge in [0.05, 0.1) is 0 Å². The van der Waals surface area contributed by atoms with Crippen molar-refractivity contribution in [3.05, 3.63) is 70.8 Å². The maximum absolute atomic E-state index is 12.2. The quantitative estimate of drug-likeness (QED) is 0.891. The van der Waals surface area contributed by atoms with Crippen molar-refractivity contribution in [3.63, 3.8) is 0 Å². The number of amides is 2. The Morgan fingerprint density at radius 3 is 2.04 bits per heavy atom. The van der Waals surface area contributed by atoms with Crippen LogP contribution in [0.3, 0.4) is 0 Å². The smallest absolute Gasteiger partial charge is 0.251 e. The fourth-order valence-corrected chi connectivity index (χ4v) is 2.20. The van der Waals surface area contributed by atoms with Crippen molar-refractivity contribution in [1.82, 2.24) is 10.6 Å². The van der Waals surface area contributed by atoms with Crippen molar-refractivity contribution in [1.29, 1.82) is 0 Å². The summed E-state index contributed by atoms with van der Waals surface area (Å²) in [6.07, 6.45) is 0. The lowest BCUT2D eigenvalue weighted by molar-refractivity contribution is 0.0934. The molecule has 0 aliphatic rings. The second kappa shape index (κ2) is 7.58. The predicted molar refractivity (Wildman–Crippen MR) is 91.4 cm³/mol. The Morgan fingerprint density at radius 2 is 1.48 bits per heavy atom. The highest BCUT2D eigenvalue weighted by Gasteiger charge is 2.09. The molecule has 0 atom stereocenters. The minimum atomic E-state index is -0.149. The van der Waals surface area contributed by atoms with Gasteiger partial charge in [-0.2, -0.15) is 0 Å². The fraction of sp³-hybridized carbons (Fsp3) is 0.263. The minimum Gasteiger partial charge on any atom is -0.350 e. The van der Waals surface area contributed by atoms with Crippen LogP contribution in [0.25, 0.3) is 0 Å². The molecule has 0 aliphatic heterocycles. The van der Waals surface area contributed by atoms with Gasteiger partial charge in [-0.15, -0.1) is 0 Å². The van der Waals surface area contributed by atoms with Crippen LogP contribution in [0.1, 0.15) is 45.7 Å². The molecular formula is C19H22N2O2. The predicted octanol–water partition coefficient (Wildman–Crippen LogP) is 3.06. The van der Waals surface area contributed by atoms with Crippen molar-refractivity contribution in [3.8, 4) is 0 Å². The van der Waals surface area contributed by atoms with Crippen LogP contribution in [0.2, 0.25) is 0 Å². The maximum Gasteiger partial charge on any atom is 0.251 e. The van der Waals surface area contributed by atoms with E-state index in [0.29, 0.717) is 17.7 Å². The molecule has 0 unspecified atom stereocenters. The van der Waals surface area contributed by atoms with E-state index in [1.54, 1.807) is 24.3 Å². The standard InChI is InChI=1S/C19H22N2O2/c1-13(2)21-19(23)16-10-8-15(9-11-16)18(22)20-12-17-7-5-4-6-14(17)3/h4-11,13H,12H2,1-3H3,(H,20,22)(H,21,23). The van der Waals surface area contributed by atoms with Crippen LogP contribution in [-0.4, -0.2) is 17.9 Å². The van der Waals surface area contributed by atoms with E-state index < -0.39 is 0 Å². The fourth-order valence-electron chi connectivity index (χ4n) is 2.20. The number of hydrogen-bond donors (Lipinski definition) is 2. The average Bonchev–Trinajstić information content (AvgIpc) is 2.53. The number of nitrogens with one attached hydrogen (secondary N) is 2. The molecule has 2 aromatic rings. The SMILES string of the molecule is Cc1ccccc1CNC(=O)c1ccc(C(=O)NC(C)C)cc1. The Bertz CT molecular complexity index is 691. The summed E-state index contributed by atoms with van der Waals surface area (Å²) in [6.45, 7) is 6.32. The van der Waals surface area contributed by atoms with Gasteiger partial charge in [-0.1, -0.05) is 24.3 Å². The third-order valence-electron chi connectivity index (χ3n) is 3.53. The molecule has 120 valence electrons.